The minimum atomic E-state index is -1.13. The lowest BCUT2D eigenvalue weighted by Gasteiger charge is -2.21. The zero-order valence-electron chi connectivity index (χ0n) is 22.3. The molecule has 0 aliphatic carbocycles. The van der Waals surface area contributed by atoms with Gasteiger partial charge in [-0.15, -0.1) is 0 Å². The first-order valence-corrected chi connectivity index (χ1v) is 12.8. The Kier molecular flexibility index (Phi) is 9.05. The summed E-state index contributed by atoms with van der Waals surface area (Å²) in [6.45, 7) is 7.13. The molecule has 0 aromatic heterocycles. The van der Waals surface area contributed by atoms with Gasteiger partial charge in [-0.05, 0) is 60.4 Å². The summed E-state index contributed by atoms with van der Waals surface area (Å²) < 4.78 is 10.9. The fraction of sp³-hybridized carbons (Fsp3) is 0.312. The predicted octanol–water partition coefficient (Wildman–Crippen LogP) is 7.50. The van der Waals surface area contributed by atoms with E-state index in [0.29, 0.717) is 24.0 Å². The minimum Gasteiger partial charge on any atom is -0.440 e. The quantitative estimate of drug-likeness (QED) is 0.263. The zero-order chi connectivity index (χ0) is 27.8. The number of esters is 2. The summed E-state index contributed by atoms with van der Waals surface area (Å²) in [4.78, 5) is 25.0. The molecule has 3 aromatic rings. The SMILES string of the molecule is CCC[C@](C)(C#N)OC(=O)c1ccc(-c2ccc(-c3ccc(C(=O)O[C@@](C)(C#N)CCC)cc3)cc2)cc1. The third-order valence-corrected chi connectivity index (χ3v) is 6.36. The molecule has 0 heterocycles. The van der Waals surface area contributed by atoms with Crippen LogP contribution in [0.2, 0.25) is 0 Å². The van der Waals surface area contributed by atoms with Gasteiger partial charge in [0.25, 0.3) is 0 Å². The second-order valence-corrected chi connectivity index (χ2v) is 9.70. The van der Waals surface area contributed by atoms with E-state index in [1.54, 1.807) is 38.1 Å². The highest BCUT2D eigenvalue weighted by Gasteiger charge is 2.29. The Morgan fingerprint density at radius 2 is 0.868 bits per heavy atom. The van der Waals surface area contributed by atoms with Gasteiger partial charge in [0.05, 0.1) is 11.1 Å². The van der Waals surface area contributed by atoms with E-state index in [-0.39, 0.29) is 0 Å². The third-order valence-electron chi connectivity index (χ3n) is 6.36. The molecule has 0 aliphatic rings. The Labute approximate surface area is 224 Å². The van der Waals surface area contributed by atoms with Crippen molar-refractivity contribution in [1.29, 1.82) is 10.5 Å². The van der Waals surface area contributed by atoms with Gasteiger partial charge in [-0.2, -0.15) is 10.5 Å². The fourth-order valence-corrected chi connectivity index (χ4v) is 4.19. The molecule has 0 saturated carbocycles. The van der Waals surface area contributed by atoms with Crippen LogP contribution in [-0.2, 0) is 9.47 Å². The van der Waals surface area contributed by atoms with Crippen LogP contribution < -0.4 is 0 Å². The van der Waals surface area contributed by atoms with Crippen molar-refractivity contribution in [2.24, 2.45) is 0 Å². The van der Waals surface area contributed by atoms with E-state index in [9.17, 15) is 20.1 Å². The number of rotatable bonds is 10. The van der Waals surface area contributed by atoms with Gasteiger partial charge in [-0.1, -0.05) is 75.2 Å². The minimum absolute atomic E-state index is 0.395. The maximum absolute atomic E-state index is 12.5. The van der Waals surface area contributed by atoms with Gasteiger partial charge < -0.3 is 9.47 Å². The molecule has 0 spiro atoms. The molecule has 0 aliphatic heterocycles. The first kappa shape index (κ1) is 28.2. The molecule has 0 unspecified atom stereocenters. The topological polar surface area (TPSA) is 100 Å². The van der Waals surface area contributed by atoms with Gasteiger partial charge in [-0.25, -0.2) is 9.59 Å². The van der Waals surface area contributed by atoms with E-state index < -0.39 is 23.1 Å². The van der Waals surface area contributed by atoms with Gasteiger partial charge in [0.2, 0.25) is 0 Å². The molecule has 194 valence electrons. The first-order chi connectivity index (χ1) is 18.2. The van der Waals surface area contributed by atoms with Crippen molar-refractivity contribution in [3.8, 4) is 34.4 Å². The smallest absolute Gasteiger partial charge is 0.339 e. The van der Waals surface area contributed by atoms with E-state index in [0.717, 1.165) is 35.1 Å². The van der Waals surface area contributed by atoms with E-state index in [1.807, 2.05) is 62.4 Å². The summed E-state index contributed by atoms with van der Waals surface area (Å²) in [6, 6.07) is 26.3. The number of ether oxygens (including phenoxy) is 2. The average Bonchev–Trinajstić information content (AvgIpc) is 2.93. The molecule has 0 N–H and O–H groups in total. The van der Waals surface area contributed by atoms with E-state index >= 15 is 0 Å². The molecule has 0 fully saturated rings. The molecule has 0 bridgehead atoms. The number of nitriles is 2. The van der Waals surface area contributed by atoms with Crippen molar-refractivity contribution < 1.29 is 19.1 Å². The second kappa shape index (κ2) is 12.2. The van der Waals surface area contributed by atoms with Crippen molar-refractivity contribution in [1.82, 2.24) is 0 Å². The Morgan fingerprint density at radius 3 is 1.11 bits per heavy atom. The monoisotopic (exact) mass is 508 g/mol. The van der Waals surface area contributed by atoms with Crippen molar-refractivity contribution in [3.63, 3.8) is 0 Å². The number of benzene rings is 3. The second-order valence-electron chi connectivity index (χ2n) is 9.70. The summed E-state index contributed by atoms with van der Waals surface area (Å²) in [5, 5.41) is 18.7. The largest absolute Gasteiger partial charge is 0.440 e. The molecule has 0 amide bonds. The highest BCUT2D eigenvalue weighted by molar-refractivity contribution is 5.91. The Bertz CT molecular complexity index is 1240. The van der Waals surface area contributed by atoms with Crippen LogP contribution >= 0.6 is 0 Å². The molecule has 2 atom stereocenters. The molecular formula is C32H32N2O4. The summed E-state index contributed by atoms with van der Waals surface area (Å²) in [5.41, 5.74) is 2.36. The molecule has 0 radical (unpaired) electrons. The maximum atomic E-state index is 12.5. The molecule has 38 heavy (non-hydrogen) atoms. The average molecular weight is 509 g/mol. The first-order valence-electron chi connectivity index (χ1n) is 12.8. The van der Waals surface area contributed by atoms with Crippen molar-refractivity contribution in [2.45, 2.75) is 64.6 Å². The molecule has 3 aromatic carbocycles. The third kappa shape index (κ3) is 6.87. The van der Waals surface area contributed by atoms with Crippen LogP contribution in [0.25, 0.3) is 22.3 Å². The van der Waals surface area contributed by atoms with Gasteiger partial charge in [0.1, 0.15) is 12.1 Å². The van der Waals surface area contributed by atoms with Crippen LogP contribution in [0.4, 0.5) is 0 Å². The lowest BCUT2D eigenvalue weighted by molar-refractivity contribution is 0.00950. The molecule has 6 nitrogen and oxygen atoms in total. The van der Waals surface area contributed by atoms with Crippen LogP contribution in [0.1, 0.15) is 74.1 Å². The normalized spacial score (nSPS) is 13.7. The summed E-state index contributed by atoms with van der Waals surface area (Å²) in [6.07, 6.45) is 2.44. The molecule has 3 rings (SSSR count). The molecule has 6 heteroatoms. The molecular weight excluding hydrogens is 476 g/mol. The number of carbonyl (C=O) groups is 2. The highest BCUT2D eigenvalue weighted by Crippen LogP contribution is 2.27. The van der Waals surface area contributed by atoms with Crippen LogP contribution in [-0.4, -0.2) is 23.1 Å². The lowest BCUT2D eigenvalue weighted by Crippen LogP contribution is -2.29. The number of hydrogen-bond acceptors (Lipinski definition) is 6. The standard InChI is InChI=1S/C32H32N2O4/c1-5-19-31(3,21-33)37-29(35)27-15-11-25(12-16-27)23-7-9-24(10-8-23)26-13-17-28(18-14-26)30(36)38-32(4,22-34)20-6-2/h7-18H,5-6,19-20H2,1-4H3/t31-,32-/m1/s1. The fourth-order valence-electron chi connectivity index (χ4n) is 4.19. The highest BCUT2D eigenvalue weighted by atomic mass is 16.6. The van der Waals surface area contributed by atoms with E-state index in [4.69, 9.17) is 9.47 Å². The van der Waals surface area contributed by atoms with Gasteiger partial charge in [0, 0.05) is 12.8 Å². The van der Waals surface area contributed by atoms with Gasteiger partial charge in [0.15, 0.2) is 11.2 Å². The van der Waals surface area contributed by atoms with E-state index in [1.165, 1.54) is 0 Å². The number of nitrogens with zero attached hydrogens (tertiary/aromatic N) is 2. The lowest BCUT2D eigenvalue weighted by atomic mass is 9.98. The molecule has 0 saturated heterocycles. The Balaban J connectivity index is 1.68. The summed E-state index contributed by atoms with van der Waals surface area (Å²) in [5.74, 6) is -1.03. The van der Waals surface area contributed by atoms with E-state index in [2.05, 4.69) is 12.1 Å². The maximum Gasteiger partial charge on any atom is 0.339 e. The van der Waals surface area contributed by atoms with Crippen LogP contribution in [0.3, 0.4) is 0 Å². The number of hydrogen-bond donors (Lipinski definition) is 0. The summed E-state index contributed by atoms with van der Waals surface area (Å²) >= 11 is 0. The van der Waals surface area contributed by atoms with Crippen LogP contribution in [0.15, 0.2) is 72.8 Å². The Hall–Kier alpha value is -4.42. The Morgan fingerprint density at radius 1 is 0.605 bits per heavy atom. The number of carbonyl (C=O) groups excluding carboxylic acids is 2. The van der Waals surface area contributed by atoms with Crippen molar-refractivity contribution in [3.05, 3.63) is 83.9 Å². The van der Waals surface area contributed by atoms with Gasteiger partial charge in [-0.3, -0.25) is 0 Å². The van der Waals surface area contributed by atoms with Crippen molar-refractivity contribution in [2.75, 3.05) is 0 Å². The van der Waals surface area contributed by atoms with Gasteiger partial charge >= 0.3 is 11.9 Å². The van der Waals surface area contributed by atoms with Crippen LogP contribution in [0.5, 0.6) is 0 Å². The predicted molar refractivity (Wildman–Crippen MR) is 146 cm³/mol. The zero-order valence-corrected chi connectivity index (χ0v) is 22.3. The summed E-state index contributed by atoms with van der Waals surface area (Å²) in [7, 11) is 0. The van der Waals surface area contributed by atoms with Crippen LogP contribution in [0, 0.1) is 22.7 Å². The van der Waals surface area contributed by atoms with Crippen molar-refractivity contribution >= 4 is 11.9 Å².